The number of hydrogen-bond acceptors (Lipinski definition) is 29. The second-order valence-electron chi connectivity index (χ2n) is 25.3. The zero-order chi connectivity index (χ0) is 77.6. The van der Waals surface area contributed by atoms with Crippen LogP contribution in [-0.2, 0) is 111 Å². The predicted molar refractivity (Wildman–Crippen MR) is 368 cm³/mol. The first-order chi connectivity index (χ1) is 45.6. The largest absolute Gasteiger partial charge is 0.425 e. The van der Waals surface area contributed by atoms with Gasteiger partial charge < -0.3 is 57.8 Å². The summed E-state index contributed by atoms with van der Waals surface area (Å²) in [4.78, 5) is 69.0. The second kappa shape index (κ2) is 45.9. The Kier molecular flexibility index (Phi) is 44.2. The molecule has 0 aliphatic carbocycles. The highest BCUT2D eigenvalue weighted by molar-refractivity contribution is 8.13. The molecule has 3 atom stereocenters. The van der Waals surface area contributed by atoms with E-state index in [4.69, 9.17) is 65.5 Å². The summed E-state index contributed by atoms with van der Waals surface area (Å²) < 4.78 is 195. The third kappa shape index (κ3) is 54.8. The summed E-state index contributed by atoms with van der Waals surface area (Å²) in [5, 5.41) is 16.6. The third-order valence-electron chi connectivity index (χ3n) is 12.3. The molecule has 0 saturated carbocycles. The fourth-order valence-electron chi connectivity index (χ4n) is 6.46. The van der Waals surface area contributed by atoms with Crippen LogP contribution in [0.25, 0.3) is 0 Å². The Bertz CT molecular complexity index is 3510. The predicted octanol–water partition coefficient (Wildman–Crippen LogP) is 7.14. The molecule has 0 aromatic heterocycles. The minimum Gasteiger partial charge on any atom is -0.425 e. The minimum absolute atomic E-state index is 0.0477. The fourth-order valence-corrected chi connectivity index (χ4v) is 12.5. The first-order valence-electron chi connectivity index (χ1n) is 31.2. The number of aliphatic hydroxyl groups excluding tert-OH is 1. The van der Waals surface area contributed by atoms with Crippen LogP contribution >= 0.6 is 10.7 Å². The van der Waals surface area contributed by atoms with Crippen LogP contribution in [0.3, 0.4) is 0 Å². The van der Waals surface area contributed by atoms with Gasteiger partial charge in [0.2, 0.25) is 27.9 Å². The Morgan fingerprint density at radius 3 is 0.950 bits per heavy atom. The van der Waals surface area contributed by atoms with Crippen molar-refractivity contribution in [1.29, 1.82) is 0 Å². The number of esters is 3. The van der Waals surface area contributed by atoms with Gasteiger partial charge in [0.15, 0.2) is 0 Å². The lowest BCUT2D eigenvalue weighted by molar-refractivity contribution is -0.169. The summed E-state index contributed by atoms with van der Waals surface area (Å²) in [5.74, 6) is -5.01. The summed E-state index contributed by atoms with van der Waals surface area (Å²) in [7, 11) is -18.6. The van der Waals surface area contributed by atoms with Crippen molar-refractivity contribution in [2.75, 3.05) is 74.0 Å². The normalized spacial score (nSPS) is 13.2. The Labute approximate surface area is 594 Å². The quantitative estimate of drug-likeness (QED) is 0.0110. The maximum Gasteiger partial charge on any atom is 0.410 e. The Morgan fingerprint density at radius 2 is 0.680 bits per heavy atom. The third-order valence-corrected chi connectivity index (χ3v) is 19.3. The molecule has 2 aromatic rings. The van der Waals surface area contributed by atoms with Gasteiger partial charge in [-0.15, -0.1) is 0 Å². The van der Waals surface area contributed by atoms with Gasteiger partial charge in [-0.1, -0.05) is 119 Å². The molecule has 3 unspecified atom stereocenters. The summed E-state index contributed by atoms with van der Waals surface area (Å²) in [6, 6.07) is 15.9. The highest BCUT2D eigenvalue weighted by Gasteiger charge is 2.27. The maximum absolute atomic E-state index is 12.2. The first-order valence-corrected chi connectivity index (χ1v) is 41.6. The van der Waals surface area contributed by atoms with Crippen molar-refractivity contribution in [3.63, 3.8) is 0 Å². The van der Waals surface area contributed by atoms with E-state index in [2.05, 4.69) is 16.0 Å². The molecule has 5 N–H and O–H groups in total. The zero-order valence-electron chi connectivity index (χ0n) is 59.1. The van der Waals surface area contributed by atoms with Gasteiger partial charge >= 0.3 is 56.4 Å². The molecule has 0 bridgehead atoms. The number of carbonyl (C=O) groups is 6. The van der Waals surface area contributed by atoms with E-state index >= 15 is 0 Å². The van der Waals surface area contributed by atoms with E-state index in [1.54, 1.807) is 106 Å². The van der Waals surface area contributed by atoms with Gasteiger partial charge in [-0.2, -0.15) is 42.1 Å². The van der Waals surface area contributed by atoms with Gasteiger partial charge in [0.25, 0.3) is 30.4 Å². The molecule has 0 saturated heterocycles. The first kappa shape index (κ1) is 96.1. The summed E-state index contributed by atoms with van der Waals surface area (Å²) in [5.41, 5.74) is -1.50. The van der Waals surface area contributed by atoms with Gasteiger partial charge in [0.05, 0.1) is 65.5 Å². The SMILES string of the molecule is CC(OC(=O)NCCC(C)(C)CO)OC(=O)C(C)C.CC(OC(=O)NCCC(C)(C)COS(=O)(=O)CCCS(=O)(=O)O)OC(=O)C(C)C.CC(OC(=O)NCCC(C)(C)COS(=O)(=O)CCCS(=O)(=O)Oc1ccccc1)OC(=O)C(C)C.O=S(=O)(Cl)CCCS(=O)(=O)Oc1ccccc1. The van der Waals surface area contributed by atoms with E-state index in [1.807, 2.05) is 13.8 Å². The van der Waals surface area contributed by atoms with E-state index in [0.717, 1.165) is 0 Å². The summed E-state index contributed by atoms with van der Waals surface area (Å²) in [6.45, 7) is 25.5. The number of benzene rings is 2. The van der Waals surface area contributed by atoms with Crippen LogP contribution in [0, 0.1) is 34.0 Å². The van der Waals surface area contributed by atoms with Crippen LogP contribution in [0.2, 0.25) is 0 Å². The summed E-state index contributed by atoms with van der Waals surface area (Å²) >= 11 is 0. The van der Waals surface area contributed by atoms with Gasteiger partial charge in [-0.25, -0.2) is 22.8 Å². The van der Waals surface area contributed by atoms with Gasteiger partial charge in [-0.3, -0.25) is 27.3 Å². The van der Waals surface area contributed by atoms with Crippen LogP contribution in [0.4, 0.5) is 14.4 Å². The molecule has 0 radical (unpaired) electrons. The monoisotopic (exact) mass is 1570 g/mol. The van der Waals surface area contributed by atoms with E-state index in [1.165, 1.54) is 45.0 Å². The average Bonchev–Trinajstić information content (AvgIpc) is 0.898. The number of nitrogens with one attached hydrogen (secondary N) is 3. The molecule has 40 heteroatoms. The molecular formula is C60H102ClN3O30S6. The van der Waals surface area contributed by atoms with Crippen LogP contribution in [0.1, 0.15) is 142 Å². The number of aliphatic hydroxyl groups is 1. The highest BCUT2D eigenvalue weighted by atomic mass is 35.7. The Morgan fingerprint density at radius 1 is 0.410 bits per heavy atom. The van der Waals surface area contributed by atoms with E-state index in [9.17, 15) is 79.3 Å². The fraction of sp³-hybridized carbons (Fsp3) is 0.700. The van der Waals surface area contributed by atoms with Crippen molar-refractivity contribution in [2.45, 2.75) is 161 Å². The Hall–Kier alpha value is -5.91. The van der Waals surface area contributed by atoms with Crippen molar-refractivity contribution in [3.05, 3.63) is 60.7 Å². The van der Waals surface area contributed by atoms with Crippen molar-refractivity contribution in [2.24, 2.45) is 34.0 Å². The van der Waals surface area contributed by atoms with Crippen LogP contribution in [-0.4, -0.2) is 189 Å². The van der Waals surface area contributed by atoms with Crippen LogP contribution in [0.15, 0.2) is 60.7 Å². The Balaban J connectivity index is 0. The summed E-state index contributed by atoms with van der Waals surface area (Å²) in [6.07, 6.45) is -4.46. The van der Waals surface area contributed by atoms with Gasteiger partial charge in [-0.05, 0) is 79.0 Å². The van der Waals surface area contributed by atoms with Gasteiger partial charge in [0, 0.05) is 57.7 Å². The lowest BCUT2D eigenvalue weighted by Gasteiger charge is -2.24. The molecule has 0 spiro atoms. The van der Waals surface area contributed by atoms with Crippen molar-refractivity contribution in [3.8, 4) is 11.5 Å². The van der Waals surface area contributed by atoms with E-state index in [-0.39, 0.29) is 86.8 Å². The molecule has 0 aliphatic heterocycles. The number of alkyl carbamates (subject to hydrolysis) is 3. The number of para-hydroxylation sites is 2. The molecule has 0 heterocycles. The smallest absolute Gasteiger partial charge is 0.410 e. The van der Waals surface area contributed by atoms with Gasteiger partial charge in [0.1, 0.15) is 11.5 Å². The number of amides is 3. The molecule has 2 aromatic carbocycles. The molecule has 2 rings (SSSR count). The molecule has 580 valence electrons. The van der Waals surface area contributed by atoms with E-state index < -0.39 is 160 Å². The van der Waals surface area contributed by atoms with Crippen molar-refractivity contribution in [1.82, 2.24) is 16.0 Å². The molecule has 100 heavy (non-hydrogen) atoms. The van der Waals surface area contributed by atoms with Crippen LogP contribution in [0.5, 0.6) is 11.5 Å². The van der Waals surface area contributed by atoms with Crippen molar-refractivity contribution < 1.29 is 134 Å². The average molecular weight is 1570 g/mol. The second-order valence-corrected chi connectivity index (χ2v) is 36.7. The lowest BCUT2D eigenvalue weighted by Crippen LogP contribution is -2.34. The zero-order valence-corrected chi connectivity index (χ0v) is 64.8. The molecule has 0 aliphatic rings. The molecule has 0 fully saturated rings. The standard InChI is InChI=1S/C22H35NO10S2.C16H31NO10S2.C13H25NO5.C9H11ClO5S2/c1-17(2)20(24)31-18(3)32-21(25)23-13-12-22(4,5)16-30-34(26,27)14-9-15-35(28,29)33-19-10-7-6-8-11-19;1-12(2)14(18)26-13(3)27-15(19)17-8-7-16(4,5)11-25-29(23,24)10-6-9-28(20,21)22;1-9(2)11(16)18-10(3)19-12(17)14-7-6-13(4,5)8-15;10-16(11,12)7-4-8-17(13,14)15-9-5-2-1-3-6-9/h6-8,10-11,17-18H,9,12-16H2,1-5H3,(H,23,25);12-13H,6-11H2,1-5H3,(H,17,19)(H,20,21,22);9-10,15H,6-8H2,1-5H3,(H,14,17);1-3,5-6H,4,7-8H2. The number of hydrogen-bond donors (Lipinski definition) is 5. The maximum atomic E-state index is 12.2. The number of halogens is 1. The molecular weight excluding hydrogens is 1470 g/mol. The number of carbonyl (C=O) groups excluding carboxylic acids is 6. The molecule has 33 nitrogen and oxygen atoms in total. The van der Waals surface area contributed by atoms with Crippen LogP contribution < -0.4 is 24.3 Å². The highest BCUT2D eigenvalue weighted by Crippen LogP contribution is 2.24. The number of ether oxygens (including phenoxy) is 6. The van der Waals surface area contributed by atoms with E-state index in [0.29, 0.717) is 25.8 Å². The number of rotatable bonds is 41. The lowest BCUT2D eigenvalue weighted by atomic mass is 9.91. The topological polar surface area (TPSA) is 476 Å². The van der Waals surface area contributed by atoms with Crippen molar-refractivity contribution >= 4 is 107 Å². The molecule has 3 amide bonds. The minimum atomic E-state index is -4.23.